The Hall–Kier alpha value is -3.42. The van der Waals surface area contributed by atoms with Crippen molar-refractivity contribution in [1.29, 1.82) is 0 Å². The molecule has 5 rings (SSSR count). The SMILES string of the molecule is C/C=C/c1cc2c(cc1C)[Si](c1ccccc1)(c1ccccc1)c1cc(C)c(/C=C/C)cc1-2. The minimum Gasteiger partial charge on any atom is -0.0871 e. The maximum absolute atomic E-state index is 2.49. The number of fused-ring (bicyclic) bond motifs is 3. The summed E-state index contributed by atoms with van der Waals surface area (Å²) in [6.07, 6.45) is 8.76. The molecule has 1 aliphatic rings. The molecule has 162 valence electrons. The van der Waals surface area contributed by atoms with Gasteiger partial charge in [0.25, 0.3) is 0 Å². The Bertz CT molecular complexity index is 1270. The van der Waals surface area contributed by atoms with Crippen LogP contribution in [0.1, 0.15) is 36.1 Å². The molecule has 0 saturated heterocycles. The minimum absolute atomic E-state index is 1.31. The van der Waals surface area contributed by atoms with Gasteiger partial charge >= 0.3 is 0 Å². The van der Waals surface area contributed by atoms with E-state index in [4.69, 9.17) is 0 Å². The van der Waals surface area contributed by atoms with E-state index in [1.807, 2.05) is 0 Å². The second-order valence-corrected chi connectivity index (χ2v) is 12.7. The summed E-state index contributed by atoms with van der Waals surface area (Å²) in [7, 11) is -2.43. The Kier molecular flexibility index (Phi) is 5.52. The van der Waals surface area contributed by atoms with E-state index in [0.29, 0.717) is 0 Å². The van der Waals surface area contributed by atoms with Crippen molar-refractivity contribution in [1.82, 2.24) is 0 Å². The van der Waals surface area contributed by atoms with Crippen LogP contribution in [0.25, 0.3) is 23.3 Å². The lowest BCUT2D eigenvalue weighted by atomic mass is 9.96. The van der Waals surface area contributed by atoms with Crippen LogP contribution in [-0.2, 0) is 0 Å². The first-order chi connectivity index (χ1) is 16.1. The second-order valence-electron chi connectivity index (χ2n) is 8.99. The average Bonchev–Trinajstić information content (AvgIpc) is 3.10. The van der Waals surface area contributed by atoms with Gasteiger partial charge in [0.2, 0.25) is 0 Å². The molecule has 1 heteroatoms. The molecule has 0 unspecified atom stereocenters. The van der Waals surface area contributed by atoms with Gasteiger partial charge in [0.15, 0.2) is 8.07 Å². The highest BCUT2D eigenvalue weighted by atomic mass is 28.3. The molecule has 0 radical (unpaired) electrons. The van der Waals surface area contributed by atoms with Crippen molar-refractivity contribution in [3.63, 3.8) is 0 Å². The summed E-state index contributed by atoms with van der Waals surface area (Å²) in [5, 5.41) is 5.93. The normalized spacial score (nSPS) is 14.1. The summed E-state index contributed by atoms with van der Waals surface area (Å²) in [5.74, 6) is 0. The summed E-state index contributed by atoms with van der Waals surface area (Å²) >= 11 is 0. The van der Waals surface area contributed by atoms with Crippen LogP contribution in [-0.4, -0.2) is 8.07 Å². The van der Waals surface area contributed by atoms with E-state index in [1.165, 1.54) is 54.1 Å². The topological polar surface area (TPSA) is 0 Å². The molecule has 0 atom stereocenters. The van der Waals surface area contributed by atoms with Crippen LogP contribution in [0.15, 0.2) is 97.1 Å². The Labute approximate surface area is 199 Å². The van der Waals surface area contributed by atoms with Gasteiger partial charge in [-0.1, -0.05) is 97.1 Å². The molecule has 0 spiro atoms. The van der Waals surface area contributed by atoms with Gasteiger partial charge in [0, 0.05) is 0 Å². The molecule has 0 aliphatic carbocycles. The highest BCUT2D eigenvalue weighted by Gasteiger charge is 2.49. The molecule has 4 aromatic rings. The summed E-state index contributed by atoms with van der Waals surface area (Å²) in [5.41, 5.74) is 8.09. The zero-order valence-electron chi connectivity index (χ0n) is 19.9. The van der Waals surface area contributed by atoms with Gasteiger partial charge in [0.05, 0.1) is 0 Å². The number of rotatable bonds is 4. The third-order valence-corrected chi connectivity index (χ3v) is 11.9. The predicted molar refractivity (Wildman–Crippen MR) is 148 cm³/mol. The van der Waals surface area contributed by atoms with Crippen LogP contribution >= 0.6 is 0 Å². The second kappa shape index (κ2) is 8.50. The van der Waals surface area contributed by atoms with E-state index in [2.05, 4.69) is 137 Å². The van der Waals surface area contributed by atoms with E-state index in [1.54, 1.807) is 0 Å². The summed E-state index contributed by atoms with van der Waals surface area (Å²) < 4.78 is 0. The molecular weight excluding hydrogens is 412 g/mol. The maximum Gasteiger partial charge on any atom is 0.180 e. The van der Waals surface area contributed by atoms with Crippen LogP contribution in [0.2, 0.25) is 0 Å². The monoisotopic (exact) mass is 442 g/mol. The fourth-order valence-electron chi connectivity index (χ4n) is 5.54. The maximum atomic E-state index is 2.49. The fraction of sp³-hybridized carbons (Fsp3) is 0.125. The first kappa shape index (κ1) is 21.4. The fourth-order valence-corrected chi connectivity index (χ4v) is 10.9. The highest BCUT2D eigenvalue weighted by Crippen LogP contribution is 2.33. The number of benzene rings is 4. The molecule has 0 nitrogen and oxygen atoms in total. The highest BCUT2D eigenvalue weighted by molar-refractivity contribution is 7.22. The molecule has 0 fully saturated rings. The standard InChI is InChI=1S/C32H30Si/c1-5-13-25-21-29-30-22-26(14-6-2)24(4)20-32(30)33(31(29)19-23(25)3,27-15-9-7-10-16-27)28-17-11-8-12-18-28/h5-22H,1-4H3/b13-5+,14-6+. The van der Waals surface area contributed by atoms with Crippen LogP contribution in [0, 0.1) is 13.8 Å². The lowest BCUT2D eigenvalue weighted by Crippen LogP contribution is -2.72. The van der Waals surface area contributed by atoms with E-state index in [-0.39, 0.29) is 0 Å². The van der Waals surface area contributed by atoms with Crippen molar-refractivity contribution in [2.45, 2.75) is 27.7 Å². The van der Waals surface area contributed by atoms with E-state index in [0.717, 1.165) is 0 Å². The number of hydrogen-bond donors (Lipinski definition) is 0. The Morgan fingerprint density at radius 2 is 0.939 bits per heavy atom. The van der Waals surface area contributed by atoms with Crippen LogP contribution < -0.4 is 20.7 Å². The van der Waals surface area contributed by atoms with Gasteiger partial charge in [-0.2, -0.15) is 0 Å². The lowest BCUT2D eigenvalue weighted by Gasteiger charge is -2.32. The van der Waals surface area contributed by atoms with Gasteiger partial charge < -0.3 is 0 Å². The minimum atomic E-state index is -2.43. The van der Waals surface area contributed by atoms with Crippen molar-refractivity contribution in [2.24, 2.45) is 0 Å². The first-order valence-corrected chi connectivity index (χ1v) is 13.8. The molecule has 0 bridgehead atoms. The third-order valence-electron chi connectivity index (χ3n) is 7.02. The van der Waals surface area contributed by atoms with Crippen molar-refractivity contribution in [3.8, 4) is 11.1 Å². The van der Waals surface area contributed by atoms with E-state index in [9.17, 15) is 0 Å². The van der Waals surface area contributed by atoms with Gasteiger partial charge in [-0.15, -0.1) is 0 Å². The Balaban J connectivity index is 1.98. The van der Waals surface area contributed by atoms with Crippen molar-refractivity contribution >= 4 is 41.0 Å². The third kappa shape index (κ3) is 3.27. The molecule has 1 aliphatic heterocycles. The molecule has 1 heterocycles. The predicted octanol–water partition coefficient (Wildman–Crippen LogP) is 5.73. The van der Waals surface area contributed by atoms with Crippen LogP contribution in [0.5, 0.6) is 0 Å². The molecule has 4 aromatic carbocycles. The Morgan fingerprint density at radius 1 is 0.545 bits per heavy atom. The lowest BCUT2D eigenvalue weighted by molar-refractivity contribution is 1.45. The van der Waals surface area contributed by atoms with Gasteiger partial charge in [-0.3, -0.25) is 0 Å². The average molecular weight is 443 g/mol. The molecule has 33 heavy (non-hydrogen) atoms. The molecule has 0 aromatic heterocycles. The van der Waals surface area contributed by atoms with Gasteiger partial charge in [-0.05, 0) is 94.0 Å². The summed E-state index contributed by atoms with van der Waals surface area (Å²) in [4.78, 5) is 0. The molecular formula is C32H30Si. The van der Waals surface area contributed by atoms with Crippen molar-refractivity contribution in [2.75, 3.05) is 0 Å². The summed E-state index contributed by atoms with van der Waals surface area (Å²) in [6, 6.07) is 32.3. The summed E-state index contributed by atoms with van der Waals surface area (Å²) in [6.45, 7) is 8.71. The van der Waals surface area contributed by atoms with Gasteiger partial charge in [0.1, 0.15) is 0 Å². The number of aryl methyl sites for hydroxylation is 2. The number of hydrogen-bond acceptors (Lipinski definition) is 0. The zero-order chi connectivity index (χ0) is 23.0. The molecule has 0 saturated carbocycles. The zero-order valence-corrected chi connectivity index (χ0v) is 20.9. The van der Waals surface area contributed by atoms with E-state index < -0.39 is 8.07 Å². The Morgan fingerprint density at radius 3 is 1.30 bits per heavy atom. The van der Waals surface area contributed by atoms with Crippen LogP contribution in [0.3, 0.4) is 0 Å². The molecule has 0 amide bonds. The quantitative estimate of drug-likeness (QED) is 0.312. The van der Waals surface area contributed by atoms with Crippen LogP contribution in [0.4, 0.5) is 0 Å². The van der Waals surface area contributed by atoms with Gasteiger partial charge in [-0.25, -0.2) is 0 Å². The van der Waals surface area contributed by atoms with Crippen molar-refractivity contribution in [3.05, 3.63) is 119 Å². The largest absolute Gasteiger partial charge is 0.180 e. The smallest absolute Gasteiger partial charge is 0.0871 e. The number of allylic oxidation sites excluding steroid dienone is 2. The van der Waals surface area contributed by atoms with Crippen molar-refractivity contribution < 1.29 is 0 Å². The molecule has 0 N–H and O–H groups in total. The van der Waals surface area contributed by atoms with E-state index >= 15 is 0 Å². The first-order valence-electron chi connectivity index (χ1n) is 11.8.